The molecule has 1 aromatic heterocycles. The Labute approximate surface area is 115 Å². The van der Waals surface area contributed by atoms with Crippen LogP contribution in [-0.2, 0) is 13.6 Å². The lowest BCUT2D eigenvalue weighted by Gasteiger charge is -2.19. The van der Waals surface area contributed by atoms with Crippen molar-refractivity contribution in [2.45, 2.75) is 6.54 Å². The quantitative estimate of drug-likeness (QED) is 0.471. The van der Waals surface area contributed by atoms with Gasteiger partial charge >= 0.3 is 0 Å². The first-order chi connectivity index (χ1) is 9.52. The largest absolute Gasteiger partial charge is 0.367 e. The van der Waals surface area contributed by atoms with Gasteiger partial charge in [0.05, 0.1) is 17.0 Å². The van der Waals surface area contributed by atoms with Gasteiger partial charge in [-0.05, 0) is 12.1 Å². The average Bonchev–Trinajstić information content (AvgIpc) is 2.83. The lowest BCUT2D eigenvalue weighted by atomic mass is 10.1. The number of carbonyl (C=O) groups excluding carboxylic acids is 1. The Morgan fingerprint density at radius 2 is 2.25 bits per heavy atom. The van der Waals surface area contributed by atoms with E-state index in [1.165, 1.54) is 12.1 Å². The third kappa shape index (κ3) is 2.66. The number of benzene rings is 1. The third-order valence-electron chi connectivity index (χ3n) is 3.08. The van der Waals surface area contributed by atoms with Crippen LogP contribution in [0.25, 0.3) is 0 Å². The minimum absolute atomic E-state index is 0.0687. The molecule has 2 aromatic rings. The van der Waals surface area contributed by atoms with Crippen molar-refractivity contribution in [3.8, 4) is 0 Å². The summed E-state index contributed by atoms with van der Waals surface area (Å²) in [6.07, 6.45) is 4.04. The molecular weight excluding hydrogens is 260 g/mol. The summed E-state index contributed by atoms with van der Waals surface area (Å²) in [6.45, 7) is 0.541. The third-order valence-corrected chi connectivity index (χ3v) is 3.08. The zero-order chi connectivity index (χ0) is 14.7. The molecule has 0 spiro atoms. The first-order valence-corrected chi connectivity index (χ1v) is 5.94. The van der Waals surface area contributed by atoms with Crippen LogP contribution in [0.4, 0.5) is 11.4 Å². The van der Waals surface area contributed by atoms with Crippen molar-refractivity contribution in [3.05, 3.63) is 52.1 Å². The molecule has 0 aliphatic heterocycles. The molecule has 7 nitrogen and oxygen atoms in total. The molecule has 0 unspecified atom stereocenters. The lowest BCUT2D eigenvalue weighted by molar-refractivity contribution is -0.385. The number of hydrogen-bond acceptors (Lipinski definition) is 5. The van der Waals surface area contributed by atoms with Crippen LogP contribution in [0.3, 0.4) is 0 Å². The number of nitro groups is 1. The van der Waals surface area contributed by atoms with E-state index in [1.807, 2.05) is 29.8 Å². The number of aromatic nitrogens is 2. The Kier molecular flexibility index (Phi) is 3.79. The predicted molar refractivity (Wildman–Crippen MR) is 73.8 cm³/mol. The number of hydrogen-bond donors (Lipinski definition) is 0. The number of nitrogens with zero attached hydrogens (tertiary/aromatic N) is 4. The molecule has 1 aromatic carbocycles. The van der Waals surface area contributed by atoms with Gasteiger partial charge in [-0.3, -0.25) is 14.9 Å². The second kappa shape index (κ2) is 5.52. The Hall–Kier alpha value is -2.70. The van der Waals surface area contributed by atoms with Crippen molar-refractivity contribution >= 4 is 17.7 Å². The Morgan fingerprint density at radius 3 is 2.80 bits per heavy atom. The molecule has 20 heavy (non-hydrogen) atoms. The number of carbonyl (C=O) groups is 1. The molecule has 1 heterocycles. The summed E-state index contributed by atoms with van der Waals surface area (Å²) >= 11 is 0. The number of imidazole rings is 1. The molecule has 0 fully saturated rings. The minimum atomic E-state index is -0.563. The van der Waals surface area contributed by atoms with Gasteiger partial charge in [-0.15, -0.1) is 0 Å². The molecule has 0 aliphatic carbocycles. The van der Waals surface area contributed by atoms with Crippen LogP contribution in [0, 0.1) is 10.1 Å². The molecule has 0 amide bonds. The Morgan fingerprint density at radius 1 is 1.50 bits per heavy atom. The van der Waals surface area contributed by atoms with E-state index in [9.17, 15) is 14.9 Å². The normalized spacial score (nSPS) is 10.3. The molecule has 0 radical (unpaired) electrons. The molecule has 0 saturated heterocycles. The highest BCUT2D eigenvalue weighted by atomic mass is 16.6. The van der Waals surface area contributed by atoms with E-state index < -0.39 is 4.92 Å². The maximum atomic E-state index is 10.9. The summed E-state index contributed by atoms with van der Waals surface area (Å²) in [7, 11) is 3.73. The highest BCUT2D eigenvalue weighted by molar-refractivity contribution is 5.83. The highest BCUT2D eigenvalue weighted by Gasteiger charge is 2.15. The first kappa shape index (κ1) is 13.7. The van der Waals surface area contributed by atoms with Crippen LogP contribution in [0.1, 0.15) is 16.2 Å². The van der Waals surface area contributed by atoms with E-state index in [0.29, 0.717) is 12.8 Å². The summed E-state index contributed by atoms with van der Waals surface area (Å²) in [5, 5.41) is 10.8. The van der Waals surface area contributed by atoms with Crippen LogP contribution >= 0.6 is 0 Å². The van der Waals surface area contributed by atoms with Gasteiger partial charge in [0.25, 0.3) is 5.69 Å². The predicted octanol–water partition coefficient (Wildman–Crippen LogP) is 1.78. The molecule has 104 valence electrons. The fourth-order valence-electron chi connectivity index (χ4n) is 1.89. The summed E-state index contributed by atoms with van der Waals surface area (Å²) in [5.41, 5.74) is 0.606. The zero-order valence-electron chi connectivity index (χ0n) is 11.2. The second-order valence-electron chi connectivity index (χ2n) is 4.43. The molecular formula is C13H14N4O3. The van der Waals surface area contributed by atoms with Crippen LogP contribution in [0.5, 0.6) is 0 Å². The van der Waals surface area contributed by atoms with Crippen LogP contribution in [-0.4, -0.2) is 27.8 Å². The van der Waals surface area contributed by atoms with E-state index in [-0.39, 0.29) is 11.3 Å². The van der Waals surface area contributed by atoms with Gasteiger partial charge in [-0.2, -0.15) is 0 Å². The van der Waals surface area contributed by atoms with E-state index in [4.69, 9.17) is 0 Å². The van der Waals surface area contributed by atoms with Gasteiger partial charge in [0.15, 0.2) is 6.29 Å². The maximum absolute atomic E-state index is 10.9. The van der Waals surface area contributed by atoms with Gasteiger partial charge in [-0.1, -0.05) is 0 Å². The molecule has 0 atom stereocenters. The van der Waals surface area contributed by atoms with Crippen molar-refractivity contribution in [1.29, 1.82) is 0 Å². The molecule has 0 aliphatic rings. The standard InChI is InChI=1S/C13H14N4O3/c1-15-6-5-14-13(15)8-16(2)11-3-4-12(17(19)20)10(7-11)9-18/h3-7,9H,8H2,1-2H3. The first-order valence-electron chi connectivity index (χ1n) is 5.94. The molecule has 7 heteroatoms. The molecule has 0 saturated carbocycles. The zero-order valence-corrected chi connectivity index (χ0v) is 11.2. The minimum Gasteiger partial charge on any atom is -0.367 e. The highest BCUT2D eigenvalue weighted by Crippen LogP contribution is 2.23. The summed E-state index contributed by atoms with van der Waals surface area (Å²) in [5.74, 6) is 0.860. The van der Waals surface area contributed by atoms with Crippen LogP contribution < -0.4 is 4.90 Å². The monoisotopic (exact) mass is 274 g/mol. The van der Waals surface area contributed by atoms with Crippen molar-refractivity contribution in [1.82, 2.24) is 9.55 Å². The van der Waals surface area contributed by atoms with Gasteiger partial charge in [-0.25, -0.2) is 4.98 Å². The van der Waals surface area contributed by atoms with Gasteiger partial charge in [0.2, 0.25) is 0 Å². The van der Waals surface area contributed by atoms with Gasteiger partial charge in [0, 0.05) is 38.2 Å². The number of aryl methyl sites for hydroxylation is 1. The number of anilines is 1. The molecule has 0 bridgehead atoms. The fraction of sp³-hybridized carbons (Fsp3) is 0.231. The average molecular weight is 274 g/mol. The van der Waals surface area contributed by atoms with Gasteiger partial charge in [0.1, 0.15) is 5.82 Å². The van der Waals surface area contributed by atoms with E-state index in [2.05, 4.69) is 4.98 Å². The van der Waals surface area contributed by atoms with E-state index in [1.54, 1.807) is 12.3 Å². The maximum Gasteiger partial charge on any atom is 0.280 e. The van der Waals surface area contributed by atoms with Crippen molar-refractivity contribution < 1.29 is 9.72 Å². The smallest absolute Gasteiger partial charge is 0.280 e. The van der Waals surface area contributed by atoms with Crippen LogP contribution in [0.2, 0.25) is 0 Å². The molecule has 2 rings (SSSR count). The number of nitro benzene ring substituents is 1. The SMILES string of the molecule is CN(Cc1nccn1C)c1ccc([N+](=O)[O-])c(C=O)c1. The lowest BCUT2D eigenvalue weighted by Crippen LogP contribution is -2.19. The fourth-order valence-corrected chi connectivity index (χ4v) is 1.89. The summed E-state index contributed by atoms with van der Waals surface area (Å²) in [4.78, 5) is 27.2. The molecule has 0 N–H and O–H groups in total. The number of aldehydes is 1. The van der Waals surface area contributed by atoms with Gasteiger partial charge < -0.3 is 9.47 Å². The summed E-state index contributed by atoms with van der Waals surface area (Å²) < 4.78 is 1.89. The second-order valence-corrected chi connectivity index (χ2v) is 4.43. The van der Waals surface area contributed by atoms with Crippen LogP contribution in [0.15, 0.2) is 30.6 Å². The number of rotatable bonds is 5. The summed E-state index contributed by atoms with van der Waals surface area (Å²) in [6, 6.07) is 4.47. The van der Waals surface area contributed by atoms with Crippen molar-refractivity contribution in [3.63, 3.8) is 0 Å². The topological polar surface area (TPSA) is 81.3 Å². The Balaban J connectivity index is 2.26. The van der Waals surface area contributed by atoms with E-state index in [0.717, 1.165) is 11.5 Å². The van der Waals surface area contributed by atoms with Crippen molar-refractivity contribution in [2.24, 2.45) is 7.05 Å². The Bertz CT molecular complexity index is 651. The van der Waals surface area contributed by atoms with E-state index >= 15 is 0 Å². The van der Waals surface area contributed by atoms with Crippen molar-refractivity contribution in [2.75, 3.05) is 11.9 Å².